The summed E-state index contributed by atoms with van der Waals surface area (Å²) in [6.07, 6.45) is -7.96. The third-order valence-corrected chi connectivity index (χ3v) is 7.71. The van der Waals surface area contributed by atoms with Crippen LogP contribution in [0.15, 0.2) is 54.6 Å². The fraction of sp³-hybridized carbons (Fsp3) is 0.469. The third-order valence-electron chi connectivity index (χ3n) is 7.71. The SMILES string of the molecule is CC(=O)N[C@@H]1[C@@H](NC(=O)CO)[C@H](O)[C@](OCCCCCC(=O)[O-])(C(=O)[O-])O[C@H]1[C@H](O)[C@H](O)CNC(=O)c1ccc(-c2ccccc2)cc1.[Na+].[Na+]. The Morgan fingerprint density at radius 1 is 0.900 bits per heavy atom. The molecule has 0 spiro atoms. The number of aliphatic hydroxyl groups is 4. The predicted octanol–water partition coefficient (Wildman–Crippen LogP) is -9.67. The molecule has 2 aromatic carbocycles. The second kappa shape index (κ2) is 21.8. The van der Waals surface area contributed by atoms with E-state index in [9.17, 15) is 54.6 Å². The number of hydrogen-bond acceptors (Lipinski definition) is 13. The average Bonchev–Trinajstić information content (AvgIpc) is 3.07. The molecule has 7 N–H and O–H groups in total. The molecule has 2 aromatic rings. The van der Waals surface area contributed by atoms with Crippen LogP contribution in [0.25, 0.3) is 11.1 Å². The minimum absolute atomic E-state index is 0. The van der Waals surface area contributed by atoms with E-state index >= 15 is 0 Å². The second-order valence-corrected chi connectivity index (χ2v) is 11.2. The number of hydrogen-bond donors (Lipinski definition) is 7. The van der Waals surface area contributed by atoms with Crippen molar-refractivity contribution in [2.75, 3.05) is 19.8 Å². The Balaban J connectivity index is 0.00000625. The van der Waals surface area contributed by atoms with Gasteiger partial charge >= 0.3 is 59.1 Å². The van der Waals surface area contributed by atoms with Crippen molar-refractivity contribution < 1.29 is 123 Å². The van der Waals surface area contributed by atoms with Gasteiger partial charge < -0.3 is 65.7 Å². The summed E-state index contributed by atoms with van der Waals surface area (Å²) < 4.78 is 11.0. The Morgan fingerprint density at radius 2 is 1.52 bits per heavy atom. The van der Waals surface area contributed by atoms with Crippen molar-refractivity contribution in [1.82, 2.24) is 16.0 Å². The molecule has 3 rings (SSSR count). The number of carboxylic acid groups (broad SMARTS) is 2. The Labute approximate surface area is 332 Å². The van der Waals surface area contributed by atoms with Crippen LogP contribution >= 0.6 is 0 Å². The van der Waals surface area contributed by atoms with Gasteiger partial charge in [0.25, 0.3) is 5.91 Å². The number of benzene rings is 2. The summed E-state index contributed by atoms with van der Waals surface area (Å²) in [5, 5.41) is 72.8. The van der Waals surface area contributed by atoms with Crippen molar-refractivity contribution >= 4 is 29.7 Å². The van der Waals surface area contributed by atoms with Crippen molar-refractivity contribution in [1.29, 1.82) is 0 Å². The summed E-state index contributed by atoms with van der Waals surface area (Å²) in [5.74, 6) is -9.02. The molecule has 50 heavy (non-hydrogen) atoms. The quantitative estimate of drug-likeness (QED) is 0.0592. The normalized spacial score (nSPS) is 22.4. The number of ether oxygens (including phenoxy) is 2. The van der Waals surface area contributed by atoms with Gasteiger partial charge in [0.05, 0.1) is 24.8 Å². The summed E-state index contributed by atoms with van der Waals surface area (Å²) in [5.41, 5.74) is 2.00. The van der Waals surface area contributed by atoms with Crippen LogP contribution in [0.1, 0.15) is 43.0 Å². The minimum atomic E-state index is -3.09. The number of aliphatic carboxylic acids is 2. The summed E-state index contributed by atoms with van der Waals surface area (Å²) in [4.78, 5) is 60.3. The van der Waals surface area contributed by atoms with Gasteiger partial charge in [-0.1, -0.05) is 48.9 Å². The van der Waals surface area contributed by atoms with Gasteiger partial charge in [0.2, 0.25) is 17.6 Å². The van der Waals surface area contributed by atoms with Gasteiger partial charge in [-0.3, -0.25) is 14.4 Å². The van der Waals surface area contributed by atoms with Gasteiger partial charge in [0.15, 0.2) is 0 Å². The molecule has 1 fully saturated rings. The van der Waals surface area contributed by atoms with Gasteiger partial charge in [0.1, 0.15) is 30.9 Å². The molecule has 1 saturated heterocycles. The number of carboxylic acids is 2. The maximum Gasteiger partial charge on any atom is 1.00 e. The number of nitrogens with one attached hydrogen (secondary N) is 3. The number of carbonyl (C=O) groups is 5. The van der Waals surface area contributed by atoms with E-state index in [2.05, 4.69) is 16.0 Å². The smallest absolute Gasteiger partial charge is 0.550 e. The fourth-order valence-corrected chi connectivity index (χ4v) is 5.27. The summed E-state index contributed by atoms with van der Waals surface area (Å²) >= 11 is 0. The van der Waals surface area contributed by atoms with Crippen LogP contribution in [0.3, 0.4) is 0 Å². The summed E-state index contributed by atoms with van der Waals surface area (Å²) in [6.45, 7) is -1.10. The molecule has 7 atom stereocenters. The Hall–Kier alpha value is -2.45. The first kappa shape index (κ1) is 45.6. The fourth-order valence-electron chi connectivity index (χ4n) is 5.27. The molecule has 0 saturated carbocycles. The number of carbonyl (C=O) groups excluding carboxylic acids is 5. The van der Waals surface area contributed by atoms with Crippen LogP contribution in [0.2, 0.25) is 0 Å². The van der Waals surface area contributed by atoms with Gasteiger partial charge in [-0.05, 0) is 42.5 Å². The second-order valence-electron chi connectivity index (χ2n) is 11.2. The first-order valence-corrected chi connectivity index (χ1v) is 15.2. The first-order valence-electron chi connectivity index (χ1n) is 15.2. The number of unbranched alkanes of at least 4 members (excludes halogenated alkanes) is 2. The van der Waals surface area contributed by atoms with Crippen LogP contribution in [-0.2, 0) is 28.7 Å². The van der Waals surface area contributed by atoms with Crippen molar-refractivity contribution in [3.63, 3.8) is 0 Å². The van der Waals surface area contributed by atoms with E-state index in [0.29, 0.717) is 0 Å². The van der Waals surface area contributed by atoms with Crippen LogP contribution in [0.4, 0.5) is 0 Å². The molecule has 18 heteroatoms. The van der Waals surface area contributed by atoms with Crippen LogP contribution in [0, 0.1) is 0 Å². The minimum Gasteiger partial charge on any atom is -0.550 e. The van der Waals surface area contributed by atoms with E-state index in [1.165, 1.54) is 0 Å². The molecule has 3 amide bonds. The third kappa shape index (κ3) is 12.4. The maximum atomic E-state index is 12.8. The summed E-state index contributed by atoms with van der Waals surface area (Å²) in [6, 6.07) is 12.5. The number of aliphatic hydroxyl groups excluding tert-OH is 4. The molecule has 16 nitrogen and oxygen atoms in total. The van der Waals surface area contributed by atoms with E-state index in [1.807, 2.05) is 30.3 Å². The van der Waals surface area contributed by atoms with Crippen LogP contribution in [-0.4, -0.2) is 112 Å². The molecular weight excluding hydrogens is 680 g/mol. The zero-order valence-corrected chi connectivity index (χ0v) is 32.1. The number of rotatable bonds is 17. The average molecular weight is 720 g/mol. The zero-order valence-electron chi connectivity index (χ0n) is 28.1. The zero-order chi connectivity index (χ0) is 35.4. The number of amides is 3. The molecule has 1 heterocycles. The van der Waals surface area contributed by atoms with Crippen molar-refractivity contribution in [2.45, 2.75) is 74.9 Å². The van der Waals surface area contributed by atoms with E-state index in [4.69, 9.17) is 9.47 Å². The molecule has 0 bridgehead atoms. The standard InChI is InChI=1S/C32H41N3O13.2Na/c1-18(37)34-25-26(35-23(39)17-36)29(43)32(31(45)46,47-15-7-3-6-10-24(40)41)48-28(25)27(42)22(38)16-33-30(44)21-13-11-20(12-14-21)19-8-4-2-5-9-19;;/h2,4-5,8-9,11-14,22,25-29,36,38,42-43H,3,6-7,10,15-17H2,1H3,(H,33,44)(H,34,37)(H,35,39)(H,40,41)(H,45,46);;/q;2*+1/p-2/t22-,25-,26-,27-,28-,29+,32-;;/m1../s1. The van der Waals surface area contributed by atoms with Crippen LogP contribution < -0.4 is 85.3 Å². The Kier molecular flexibility index (Phi) is 19.9. The van der Waals surface area contributed by atoms with Crippen LogP contribution in [0.5, 0.6) is 0 Å². The molecule has 0 aromatic heterocycles. The van der Waals surface area contributed by atoms with Gasteiger partial charge in [0, 0.05) is 25.0 Å². The molecular formula is C32H39N3Na2O13. The molecule has 0 radical (unpaired) electrons. The summed E-state index contributed by atoms with van der Waals surface area (Å²) in [7, 11) is 0. The van der Waals surface area contributed by atoms with Gasteiger partial charge in [-0.25, -0.2) is 0 Å². The predicted molar refractivity (Wildman–Crippen MR) is 161 cm³/mol. The Bertz CT molecular complexity index is 1420. The van der Waals surface area contributed by atoms with E-state index < -0.39 is 91.7 Å². The monoisotopic (exact) mass is 719 g/mol. The maximum absolute atomic E-state index is 12.8. The van der Waals surface area contributed by atoms with Gasteiger partial charge in [-0.2, -0.15) is 0 Å². The van der Waals surface area contributed by atoms with Gasteiger partial charge in [-0.15, -0.1) is 0 Å². The molecule has 1 aliphatic heterocycles. The van der Waals surface area contributed by atoms with Crippen molar-refractivity contribution in [2.24, 2.45) is 0 Å². The first-order chi connectivity index (χ1) is 22.8. The van der Waals surface area contributed by atoms with Crippen molar-refractivity contribution in [3.8, 4) is 11.1 Å². The van der Waals surface area contributed by atoms with E-state index in [0.717, 1.165) is 18.1 Å². The van der Waals surface area contributed by atoms with E-state index in [-0.39, 0.29) is 90.4 Å². The molecule has 262 valence electrons. The van der Waals surface area contributed by atoms with E-state index in [1.54, 1.807) is 24.3 Å². The molecule has 1 aliphatic rings. The topological polar surface area (TPSA) is 267 Å². The largest absolute Gasteiger partial charge is 1.00 e. The Morgan fingerprint density at radius 3 is 2.08 bits per heavy atom. The van der Waals surface area contributed by atoms with Crippen molar-refractivity contribution in [3.05, 3.63) is 60.2 Å². The molecule has 0 unspecified atom stereocenters. The molecule has 0 aliphatic carbocycles.